The van der Waals surface area contributed by atoms with E-state index in [1.165, 1.54) is 62.6 Å². The van der Waals surface area contributed by atoms with Gasteiger partial charge in [-0.05, 0) is 64.2 Å². The third-order valence-corrected chi connectivity index (χ3v) is 13.2. The Morgan fingerprint density at radius 3 is 1.93 bits per heavy atom. The first-order valence-electron chi connectivity index (χ1n) is 9.63. The van der Waals surface area contributed by atoms with Crippen LogP contribution in [0.2, 0.25) is 0 Å². The Morgan fingerprint density at radius 1 is 0.704 bits per heavy atom. The first kappa shape index (κ1) is 19.3. The molecule has 0 amide bonds. The summed E-state index contributed by atoms with van der Waals surface area (Å²) < 4.78 is 1.59. The second-order valence-electron chi connectivity index (χ2n) is 7.47. The smallest absolute Gasteiger partial charge is 0.0900 e. The summed E-state index contributed by atoms with van der Waals surface area (Å²) in [5.41, 5.74) is 6.03. The van der Waals surface area contributed by atoms with E-state index in [1.807, 2.05) is 0 Å². The first-order valence-corrected chi connectivity index (χ1v) is 14.4. The minimum atomic E-state index is 0.151. The van der Waals surface area contributed by atoms with Crippen LogP contribution in [-0.2, 0) is 21.0 Å². The van der Waals surface area contributed by atoms with Crippen molar-refractivity contribution >= 4 is 63.0 Å². The lowest BCUT2D eigenvalue weighted by atomic mass is 9.93. The van der Waals surface area contributed by atoms with Crippen molar-refractivity contribution in [2.24, 2.45) is 0 Å². The van der Waals surface area contributed by atoms with Crippen LogP contribution in [0.3, 0.4) is 0 Å². The number of hydrogen-bond donors (Lipinski definition) is 0. The number of halogens is 1. The van der Waals surface area contributed by atoms with Gasteiger partial charge in [0.25, 0.3) is 0 Å². The quantitative estimate of drug-likeness (QED) is 0.376. The van der Waals surface area contributed by atoms with E-state index in [4.69, 9.17) is 0 Å². The largest absolute Gasteiger partial charge is 0.139 e. The molecule has 5 heteroatoms. The van der Waals surface area contributed by atoms with E-state index in [0.29, 0.717) is 0 Å². The third kappa shape index (κ3) is 3.65. The van der Waals surface area contributed by atoms with Crippen molar-refractivity contribution < 1.29 is 0 Å². The van der Waals surface area contributed by atoms with Gasteiger partial charge in [0.15, 0.2) is 0 Å². The summed E-state index contributed by atoms with van der Waals surface area (Å²) in [7, 11) is 0. The Morgan fingerprint density at radius 2 is 1.30 bits per heavy atom. The summed E-state index contributed by atoms with van der Waals surface area (Å²) in [4.78, 5) is 0. The predicted molar refractivity (Wildman–Crippen MR) is 130 cm³/mol. The van der Waals surface area contributed by atoms with Crippen molar-refractivity contribution in [3.63, 3.8) is 0 Å². The maximum absolute atomic E-state index is 3.86. The van der Waals surface area contributed by atoms with Crippen molar-refractivity contribution in [1.29, 1.82) is 0 Å². The van der Waals surface area contributed by atoms with E-state index < -0.39 is 0 Å². The normalized spacial score (nSPS) is 23.3. The van der Waals surface area contributed by atoms with E-state index >= 15 is 0 Å². The summed E-state index contributed by atoms with van der Waals surface area (Å²) in [6.07, 6.45) is 4.89. The van der Waals surface area contributed by atoms with Gasteiger partial charge in [0.05, 0.1) is 8.16 Å². The molecule has 2 aromatic rings. The van der Waals surface area contributed by atoms with Crippen LogP contribution in [0.25, 0.3) is 0 Å². The molecule has 0 radical (unpaired) electrons. The Bertz CT molecular complexity index is 838. The van der Waals surface area contributed by atoms with Crippen LogP contribution in [0.4, 0.5) is 0 Å². The molecule has 2 saturated heterocycles. The van der Waals surface area contributed by atoms with Gasteiger partial charge in [0.2, 0.25) is 0 Å². The van der Waals surface area contributed by atoms with Crippen LogP contribution < -0.4 is 0 Å². The van der Waals surface area contributed by atoms with Gasteiger partial charge < -0.3 is 0 Å². The molecule has 2 aliphatic heterocycles. The van der Waals surface area contributed by atoms with E-state index in [9.17, 15) is 0 Å². The predicted octanol–water partition coefficient (Wildman–Crippen LogP) is 7.29. The number of rotatable bonds is 0. The van der Waals surface area contributed by atoms with Gasteiger partial charge in [-0.1, -0.05) is 52.3 Å². The van der Waals surface area contributed by atoms with Crippen LogP contribution in [0.5, 0.6) is 0 Å². The highest BCUT2D eigenvalue weighted by Gasteiger charge is 2.41. The van der Waals surface area contributed by atoms with Crippen molar-refractivity contribution in [2.75, 3.05) is 23.0 Å². The zero-order valence-electron chi connectivity index (χ0n) is 15.2. The van der Waals surface area contributed by atoms with Gasteiger partial charge in [0.1, 0.15) is 0 Å². The molecule has 4 bridgehead atoms. The van der Waals surface area contributed by atoms with Crippen LogP contribution in [0, 0.1) is 0 Å². The van der Waals surface area contributed by atoms with Crippen molar-refractivity contribution in [2.45, 2.75) is 33.8 Å². The van der Waals surface area contributed by atoms with Crippen molar-refractivity contribution in [3.8, 4) is 0 Å². The standard InChI is InChI=1S/C22H23BrS4/c23-20-7-6-16-12-17(20)15-22(26-10-3-11-27-22)19-5-1-4-18(13-19)21(14-16)24-8-2-9-25-21/h1,4-7,12-13H,2-3,8-11,14-15H2. The highest BCUT2D eigenvalue weighted by molar-refractivity contribution is 9.10. The topological polar surface area (TPSA) is 0 Å². The van der Waals surface area contributed by atoms with E-state index in [-0.39, 0.29) is 8.16 Å². The van der Waals surface area contributed by atoms with Crippen molar-refractivity contribution in [3.05, 3.63) is 69.2 Å². The molecule has 0 unspecified atom stereocenters. The maximum Gasteiger partial charge on any atom is 0.0900 e. The van der Waals surface area contributed by atoms with Crippen LogP contribution in [0.1, 0.15) is 35.1 Å². The van der Waals surface area contributed by atoms with E-state index in [2.05, 4.69) is 105 Å². The lowest BCUT2D eigenvalue weighted by molar-refractivity contribution is 0.801. The Labute approximate surface area is 187 Å². The second kappa shape index (κ2) is 7.86. The molecular formula is C22H23BrS4. The molecule has 1 aliphatic carbocycles. The number of benzene rings is 2. The monoisotopic (exact) mass is 494 g/mol. The zero-order valence-corrected chi connectivity index (χ0v) is 20.1. The first-order chi connectivity index (χ1) is 13.2. The van der Waals surface area contributed by atoms with Gasteiger partial charge in [-0.15, -0.1) is 47.0 Å². The molecule has 5 rings (SSSR count). The van der Waals surface area contributed by atoms with Gasteiger partial charge >= 0.3 is 0 Å². The molecule has 3 aliphatic rings. The summed E-state index contributed by atoms with van der Waals surface area (Å²) in [6.45, 7) is 0. The van der Waals surface area contributed by atoms with Gasteiger partial charge in [-0.3, -0.25) is 0 Å². The molecule has 0 nitrogen and oxygen atoms in total. The van der Waals surface area contributed by atoms with Gasteiger partial charge in [-0.25, -0.2) is 0 Å². The molecule has 0 atom stereocenters. The lowest BCUT2D eigenvalue weighted by Crippen LogP contribution is -2.30. The molecule has 2 spiro atoms. The van der Waals surface area contributed by atoms with E-state index in [0.717, 1.165) is 12.8 Å². The molecular weight excluding hydrogens is 472 g/mol. The molecule has 142 valence electrons. The molecule has 2 aromatic carbocycles. The fourth-order valence-electron chi connectivity index (χ4n) is 4.28. The summed E-state index contributed by atoms with van der Waals surface area (Å²) in [5, 5.41) is 0. The zero-order chi connectivity index (χ0) is 18.3. The minimum Gasteiger partial charge on any atom is -0.139 e. The molecule has 0 aromatic heterocycles. The average molecular weight is 496 g/mol. The fourth-order valence-corrected chi connectivity index (χ4v) is 11.4. The Kier molecular flexibility index (Phi) is 5.62. The molecule has 27 heavy (non-hydrogen) atoms. The number of fused-ring (bicyclic) bond motifs is 6. The van der Waals surface area contributed by atoms with Crippen LogP contribution >= 0.6 is 63.0 Å². The third-order valence-electron chi connectivity index (χ3n) is 5.63. The number of thioether (sulfide) groups is 4. The Hall–Kier alpha value is 0.320. The van der Waals surface area contributed by atoms with E-state index in [1.54, 1.807) is 0 Å². The molecule has 0 saturated carbocycles. The lowest BCUT2D eigenvalue weighted by Gasteiger charge is -2.41. The highest BCUT2D eigenvalue weighted by atomic mass is 79.9. The fraction of sp³-hybridized carbons (Fsp3) is 0.455. The summed E-state index contributed by atoms with van der Waals surface area (Å²) >= 11 is 12.5. The minimum absolute atomic E-state index is 0.151. The molecule has 2 fully saturated rings. The van der Waals surface area contributed by atoms with Crippen LogP contribution in [0.15, 0.2) is 46.9 Å². The Balaban J connectivity index is 1.71. The molecule has 0 N–H and O–H groups in total. The van der Waals surface area contributed by atoms with Gasteiger partial charge in [-0.2, -0.15) is 0 Å². The van der Waals surface area contributed by atoms with Crippen LogP contribution in [-0.4, -0.2) is 23.0 Å². The maximum atomic E-state index is 3.86. The second-order valence-corrected chi connectivity index (χ2v) is 14.4. The SMILES string of the molecule is Brc1ccc2cc1CC1(SCCCS1)c1cccc(c1)C1(C2)SCCCS1. The summed E-state index contributed by atoms with van der Waals surface area (Å²) in [5.74, 6) is 5.08. The highest BCUT2D eigenvalue weighted by Crippen LogP contribution is 2.57. The van der Waals surface area contributed by atoms with Gasteiger partial charge in [0, 0.05) is 17.3 Å². The average Bonchev–Trinajstić information content (AvgIpc) is 2.71. The molecule has 2 heterocycles. The van der Waals surface area contributed by atoms with Crippen molar-refractivity contribution in [1.82, 2.24) is 0 Å². The number of hydrogen-bond acceptors (Lipinski definition) is 4. The summed E-state index contributed by atoms with van der Waals surface area (Å²) in [6, 6.07) is 16.8.